The van der Waals surface area contributed by atoms with Crippen LogP contribution >= 0.6 is 0 Å². The largest absolute Gasteiger partial charge is 0.497 e. The fourth-order valence-electron chi connectivity index (χ4n) is 4.19. The van der Waals surface area contributed by atoms with Crippen LogP contribution in [0.1, 0.15) is 12.0 Å². The molecule has 152 valence electrons. The van der Waals surface area contributed by atoms with Crippen molar-refractivity contribution in [1.82, 2.24) is 4.90 Å². The molecule has 1 fully saturated rings. The molecule has 7 nitrogen and oxygen atoms in total. The lowest BCUT2D eigenvalue weighted by molar-refractivity contribution is -0.122. The van der Waals surface area contributed by atoms with E-state index in [0.29, 0.717) is 24.4 Å². The van der Waals surface area contributed by atoms with Crippen LogP contribution in [-0.2, 0) is 10.2 Å². The molecule has 3 amide bonds. The molecule has 1 spiro atoms. The number of likely N-dealkylation sites (tertiary alicyclic amines) is 1. The number of carbonyl (C=O) groups is 2. The van der Waals surface area contributed by atoms with Crippen LogP contribution in [0.4, 0.5) is 20.6 Å². The van der Waals surface area contributed by atoms with Crippen LogP contribution in [0, 0.1) is 5.82 Å². The van der Waals surface area contributed by atoms with Crippen LogP contribution in [0.3, 0.4) is 0 Å². The third kappa shape index (κ3) is 2.95. The zero-order chi connectivity index (χ0) is 20.8. The Balaban J connectivity index is 1.56. The van der Waals surface area contributed by atoms with Gasteiger partial charge in [-0.3, -0.25) is 4.79 Å². The van der Waals surface area contributed by atoms with Crippen molar-refractivity contribution in [2.45, 2.75) is 11.8 Å². The van der Waals surface area contributed by atoms with E-state index in [9.17, 15) is 14.0 Å². The van der Waals surface area contributed by atoms with E-state index in [1.807, 2.05) is 18.2 Å². The number of benzene rings is 2. The van der Waals surface area contributed by atoms with Crippen molar-refractivity contribution < 1.29 is 23.5 Å². The van der Waals surface area contributed by atoms with Crippen LogP contribution in [0.15, 0.2) is 36.4 Å². The molecule has 2 heterocycles. The number of ether oxygens (including phenoxy) is 2. The number of anilines is 2. The molecule has 2 aromatic rings. The zero-order valence-corrected chi connectivity index (χ0v) is 16.5. The standard InChI is InChI=1S/C21H22FN3O4/c1-24-17-6-5-14(28-2)11-15(17)21(19(24)26)8-9-25(12-21)20(27)23-13-4-7-18(29-3)16(22)10-13/h4-7,10-11H,8-9,12H2,1-3H3,(H,23,27)/t21-/m1/s1. The lowest BCUT2D eigenvalue weighted by atomic mass is 9.81. The summed E-state index contributed by atoms with van der Waals surface area (Å²) < 4.78 is 24.1. The van der Waals surface area contributed by atoms with Gasteiger partial charge in [-0.1, -0.05) is 0 Å². The summed E-state index contributed by atoms with van der Waals surface area (Å²) in [5, 5.41) is 2.70. The Labute approximate surface area is 168 Å². The normalized spacial score (nSPS) is 20.2. The monoisotopic (exact) mass is 399 g/mol. The van der Waals surface area contributed by atoms with E-state index in [1.165, 1.54) is 19.2 Å². The number of fused-ring (bicyclic) bond motifs is 2. The molecule has 0 saturated carbocycles. The maximum Gasteiger partial charge on any atom is 0.321 e. The minimum Gasteiger partial charge on any atom is -0.497 e. The average molecular weight is 399 g/mol. The van der Waals surface area contributed by atoms with E-state index in [4.69, 9.17) is 9.47 Å². The molecule has 2 aliphatic rings. The molecule has 4 rings (SSSR count). The van der Waals surface area contributed by atoms with Gasteiger partial charge >= 0.3 is 6.03 Å². The number of likely N-dealkylation sites (N-methyl/N-ethyl adjacent to an activating group) is 1. The molecule has 0 radical (unpaired) electrons. The molecular weight excluding hydrogens is 377 g/mol. The molecule has 2 aromatic carbocycles. The second kappa shape index (κ2) is 6.95. The molecule has 0 unspecified atom stereocenters. The lowest BCUT2D eigenvalue weighted by Crippen LogP contribution is -2.42. The minimum absolute atomic E-state index is 0.0356. The van der Waals surface area contributed by atoms with E-state index in [2.05, 4.69) is 5.32 Å². The Kier molecular flexibility index (Phi) is 4.56. The summed E-state index contributed by atoms with van der Waals surface area (Å²) in [5.41, 5.74) is 1.23. The number of rotatable bonds is 3. The minimum atomic E-state index is -0.791. The fraction of sp³-hybridized carbons (Fsp3) is 0.333. The summed E-state index contributed by atoms with van der Waals surface area (Å²) in [5.74, 6) is 0.180. The van der Waals surface area contributed by atoms with E-state index < -0.39 is 11.2 Å². The summed E-state index contributed by atoms with van der Waals surface area (Å²) in [4.78, 5) is 29.1. The summed E-state index contributed by atoms with van der Waals surface area (Å²) in [7, 11) is 4.70. The first-order chi connectivity index (χ1) is 13.9. The molecular formula is C21H22FN3O4. The lowest BCUT2D eigenvalue weighted by Gasteiger charge is -2.24. The average Bonchev–Trinajstić information content (AvgIpc) is 3.26. The van der Waals surface area contributed by atoms with Gasteiger partial charge in [0, 0.05) is 37.6 Å². The quantitative estimate of drug-likeness (QED) is 0.861. The number of carbonyl (C=O) groups excluding carboxylic acids is 2. The van der Waals surface area contributed by atoms with Crippen molar-refractivity contribution in [1.29, 1.82) is 0 Å². The molecule has 8 heteroatoms. The van der Waals surface area contributed by atoms with Gasteiger partial charge in [-0.15, -0.1) is 0 Å². The SMILES string of the molecule is COc1ccc2c(c1)[C@]1(CCN(C(=O)Nc3ccc(OC)c(F)c3)C1)C(=O)N2C. The summed E-state index contributed by atoms with van der Waals surface area (Å²) in [6, 6.07) is 9.41. The van der Waals surface area contributed by atoms with Crippen molar-refractivity contribution in [3.63, 3.8) is 0 Å². The highest BCUT2D eigenvalue weighted by atomic mass is 19.1. The third-order valence-electron chi connectivity index (χ3n) is 5.75. The molecule has 29 heavy (non-hydrogen) atoms. The highest BCUT2D eigenvalue weighted by molar-refractivity contribution is 6.09. The summed E-state index contributed by atoms with van der Waals surface area (Å²) in [6.07, 6.45) is 0.515. The van der Waals surface area contributed by atoms with Gasteiger partial charge in [0.05, 0.1) is 19.6 Å². The molecule has 0 aromatic heterocycles. The van der Waals surface area contributed by atoms with E-state index in [-0.39, 0.29) is 24.2 Å². The fourth-order valence-corrected chi connectivity index (χ4v) is 4.19. The predicted molar refractivity (Wildman–Crippen MR) is 106 cm³/mol. The number of hydrogen-bond donors (Lipinski definition) is 1. The number of urea groups is 1. The van der Waals surface area contributed by atoms with Gasteiger partial charge in [-0.05, 0) is 42.3 Å². The molecule has 0 bridgehead atoms. The Morgan fingerprint density at radius 2 is 1.97 bits per heavy atom. The summed E-state index contributed by atoms with van der Waals surface area (Å²) in [6.45, 7) is 0.668. The van der Waals surface area contributed by atoms with Crippen LogP contribution < -0.4 is 19.7 Å². The molecule has 2 aliphatic heterocycles. The van der Waals surface area contributed by atoms with Crippen molar-refractivity contribution in [2.75, 3.05) is 44.6 Å². The van der Waals surface area contributed by atoms with Gasteiger partial charge in [0.1, 0.15) is 5.75 Å². The number of hydrogen-bond acceptors (Lipinski definition) is 4. The molecule has 0 aliphatic carbocycles. The molecule has 1 atom stereocenters. The highest BCUT2D eigenvalue weighted by Gasteiger charge is 2.54. The number of halogens is 1. The first-order valence-electron chi connectivity index (χ1n) is 9.26. The number of nitrogens with zero attached hydrogens (tertiary/aromatic N) is 2. The van der Waals surface area contributed by atoms with Crippen LogP contribution in [0.2, 0.25) is 0 Å². The Morgan fingerprint density at radius 3 is 2.66 bits per heavy atom. The maximum atomic E-state index is 13.9. The van der Waals surface area contributed by atoms with Gasteiger partial charge in [0.25, 0.3) is 0 Å². The van der Waals surface area contributed by atoms with Gasteiger partial charge in [-0.2, -0.15) is 0 Å². The zero-order valence-electron chi connectivity index (χ0n) is 16.5. The topological polar surface area (TPSA) is 71.1 Å². The van der Waals surface area contributed by atoms with Crippen LogP contribution in [0.5, 0.6) is 11.5 Å². The van der Waals surface area contributed by atoms with Crippen LogP contribution in [-0.4, -0.2) is 51.2 Å². The van der Waals surface area contributed by atoms with E-state index >= 15 is 0 Å². The maximum absolute atomic E-state index is 13.9. The molecule has 1 saturated heterocycles. The van der Waals surface area contributed by atoms with Crippen molar-refractivity contribution >= 4 is 23.3 Å². The first kappa shape index (κ1) is 19.0. The Morgan fingerprint density at radius 1 is 1.17 bits per heavy atom. The number of methoxy groups -OCH3 is 2. The number of amides is 3. The van der Waals surface area contributed by atoms with Crippen molar-refractivity contribution in [3.05, 3.63) is 47.8 Å². The molecule has 1 N–H and O–H groups in total. The van der Waals surface area contributed by atoms with Gasteiger partial charge in [0.2, 0.25) is 5.91 Å². The predicted octanol–water partition coefficient (Wildman–Crippen LogP) is 2.99. The van der Waals surface area contributed by atoms with E-state index in [0.717, 1.165) is 11.3 Å². The van der Waals surface area contributed by atoms with Gasteiger partial charge < -0.3 is 24.6 Å². The number of nitrogens with one attached hydrogen (secondary N) is 1. The van der Waals surface area contributed by atoms with Gasteiger partial charge in [0.15, 0.2) is 11.6 Å². The van der Waals surface area contributed by atoms with Gasteiger partial charge in [-0.25, -0.2) is 9.18 Å². The first-order valence-corrected chi connectivity index (χ1v) is 9.26. The van der Waals surface area contributed by atoms with Crippen LogP contribution in [0.25, 0.3) is 0 Å². The second-order valence-corrected chi connectivity index (χ2v) is 7.28. The smallest absolute Gasteiger partial charge is 0.321 e. The van der Waals surface area contributed by atoms with Crippen molar-refractivity contribution in [2.24, 2.45) is 0 Å². The van der Waals surface area contributed by atoms with Crippen molar-refractivity contribution in [3.8, 4) is 11.5 Å². The Bertz CT molecular complexity index is 996. The third-order valence-corrected chi connectivity index (χ3v) is 5.75. The Hall–Kier alpha value is -3.29. The summed E-state index contributed by atoms with van der Waals surface area (Å²) >= 11 is 0. The van der Waals surface area contributed by atoms with E-state index in [1.54, 1.807) is 30.0 Å². The highest BCUT2D eigenvalue weighted by Crippen LogP contribution is 2.48. The second-order valence-electron chi connectivity index (χ2n) is 7.28.